The molecule has 0 bridgehead atoms. The number of nitrogens with zero attached hydrogens (tertiary/aromatic N) is 3. The lowest BCUT2D eigenvalue weighted by Crippen LogP contribution is -2.59. The molecule has 15 heteroatoms. The van der Waals surface area contributed by atoms with Gasteiger partial charge in [0, 0.05) is 62.4 Å². The van der Waals surface area contributed by atoms with E-state index >= 15 is 0 Å². The molecule has 1 aromatic heterocycles. The molecule has 0 aliphatic carbocycles. The SMILES string of the molecule is CC(C)CC(NC(=O)[C@@H]1CC(F)(F)CCN1S(=O)(=O)Cc1c(F)cc(F)cc1F)C(=O)NCc1cnn(C)c1. The molecule has 1 aliphatic rings. The van der Waals surface area contributed by atoms with Crippen molar-refractivity contribution in [2.45, 2.75) is 63.4 Å². The number of aromatic nitrogens is 2. The zero-order valence-corrected chi connectivity index (χ0v) is 22.4. The monoisotopic (exact) mass is 579 g/mol. The standard InChI is InChI=1S/C24H30F5N5O4S/c1-14(2)6-20(22(35)30-10-15-11-31-33(3)12-15)32-23(36)21-9-24(28,29)4-5-34(21)39(37,38)13-17-18(26)7-16(25)8-19(17)27/h7-8,11-12,14,20-21H,4-6,9-10,13H2,1-3H3,(H,30,35)(H,32,36)/t20?,21-/m0/s1. The molecule has 2 N–H and O–H groups in total. The molecule has 1 aliphatic heterocycles. The number of benzene rings is 1. The Kier molecular flexibility index (Phi) is 9.36. The second-order valence-electron chi connectivity index (χ2n) is 9.97. The molecule has 0 spiro atoms. The van der Waals surface area contributed by atoms with Gasteiger partial charge in [-0.25, -0.2) is 30.4 Å². The first-order valence-electron chi connectivity index (χ1n) is 12.1. The summed E-state index contributed by atoms with van der Waals surface area (Å²) in [4.78, 5) is 26.1. The van der Waals surface area contributed by atoms with E-state index in [0.717, 1.165) is 0 Å². The van der Waals surface area contributed by atoms with E-state index in [9.17, 15) is 40.0 Å². The van der Waals surface area contributed by atoms with E-state index in [-0.39, 0.29) is 18.9 Å². The molecule has 216 valence electrons. The Morgan fingerprint density at radius 1 is 1.18 bits per heavy atom. The third kappa shape index (κ3) is 7.97. The lowest BCUT2D eigenvalue weighted by molar-refractivity contribution is -0.136. The molecule has 9 nitrogen and oxygen atoms in total. The number of piperidine rings is 1. The number of carbonyl (C=O) groups excluding carboxylic acids is 2. The Hall–Kier alpha value is -3.07. The third-order valence-electron chi connectivity index (χ3n) is 6.20. The highest BCUT2D eigenvalue weighted by molar-refractivity contribution is 7.88. The summed E-state index contributed by atoms with van der Waals surface area (Å²) in [6.45, 7) is 2.81. The summed E-state index contributed by atoms with van der Waals surface area (Å²) >= 11 is 0. The first kappa shape index (κ1) is 30.5. The van der Waals surface area contributed by atoms with Gasteiger partial charge in [0.1, 0.15) is 29.5 Å². The van der Waals surface area contributed by atoms with Gasteiger partial charge in [-0.05, 0) is 12.3 Å². The van der Waals surface area contributed by atoms with Crippen LogP contribution in [0.15, 0.2) is 24.5 Å². The van der Waals surface area contributed by atoms with Gasteiger partial charge >= 0.3 is 0 Å². The normalized spacial score (nSPS) is 18.6. The summed E-state index contributed by atoms with van der Waals surface area (Å²) in [5.74, 6) is -10.8. The van der Waals surface area contributed by atoms with E-state index in [1.807, 2.05) is 0 Å². The van der Waals surface area contributed by atoms with Crippen LogP contribution in [0.1, 0.15) is 44.2 Å². The highest BCUT2D eigenvalue weighted by Crippen LogP contribution is 2.34. The first-order valence-corrected chi connectivity index (χ1v) is 13.8. The van der Waals surface area contributed by atoms with E-state index in [2.05, 4.69) is 15.7 Å². The topological polar surface area (TPSA) is 113 Å². The predicted octanol–water partition coefficient (Wildman–Crippen LogP) is 2.61. The number of rotatable bonds is 10. The molecule has 0 saturated carbocycles. The molecule has 2 atom stereocenters. The molecular formula is C24H30F5N5O4S. The maximum absolute atomic E-state index is 14.3. The molecule has 1 aromatic carbocycles. The van der Waals surface area contributed by atoms with Gasteiger partial charge in [-0.2, -0.15) is 9.40 Å². The van der Waals surface area contributed by atoms with Crippen LogP contribution in [0.5, 0.6) is 0 Å². The minimum absolute atomic E-state index is 0.0773. The van der Waals surface area contributed by atoms with Crippen molar-refractivity contribution in [3.63, 3.8) is 0 Å². The molecule has 3 rings (SSSR count). The van der Waals surface area contributed by atoms with Gasteiger partial charge in [0.25, 0.3) is 5.92 Å². The Morgan fingerprint density at radius 2 is 1.82 bits per heavy atom. The number of carbonyl (C=O) groups is 2. The quantitative estimate of drug-likeness (QED) is 0.421. The summed E-state index contributed by atoms with van der Waals surface area (Å²) in [6.07, 6.45) is 1.18. The molecule has 2 amide bonds. The van der Waals surface area contributed by atoms with Crippen molar-refractivity contribution in [2.75, 3.05) is 6.54 Å². The van der Waals surface area contributed by atoms with Crippen LogP contribution >= 0.6 is 0 Å². The first-order chi connectivity index (χ1) is 18.1. The fraction of sp³-hybridized carbons (Fsp3) is 0.542. The predicted molar refractivity (Wildman–Crippen MR) is 130 cm³/mol. The fourth-order valence-electron chi connectivity index (χ4n) is 4.29. The van der Waals surface area contributed by atoms with Crippen molar-refractivity contribution >= 4 is 21.8 Å². The highest BCUT2D eigenvalue weighted by Gasteiger charge is 2.48. The summed E-state index contributed by atoms with van der Waals surface area (Å²) in [5.41, 5.74) is -0.315. The largest absolute Gasteiger partial charge is 0.350 e. The number of halogens is 5. The zero-order valence-electron chi connectivity index (χ0n) is 21.6. The number of nitrogens with one attached hydrogen (secondary N) is 2. The minimum Gasteiger partial charge on any atom is -0.350 e. The maximum Gasteiger partial charge on any atom is 0.251 e. The minimum atomic E-state index is -4.73. The molecule has 2 heterocycles. The average molecular weight is 580 g/mol. The zero-order chi connectivity index (χ0) is 29.1. The number of hydrogen-bond donors (Lipinski definition) is 2. The van der Waals surface area contributed by atoms with Crippen LogP contribution in [-0.4, -0.2) is 58.9 Å². The van der Waals surface area contributed by atoms with Crippen molar-refractivity contribution in [2.24, 2.45) is 13.0 Å². The van der Waals surface area contributed by atoms with Crippen molar-refractivity contribution in [1.82, 2.24) is 24.7 Å². The summed E-state index contributed by atoms with van der Waals surface area (Å²) in [7, 11) is -3.05. The molecule has 0 radical (unpaired) electrons. The maximum atomic E-state index is 14.3. The highest BCUT2D eigenvalue weighted by atomic mass is 32.2. The average Bonchev–Trinajstić information content (AvgIpc) is 3.23. The van der Waals surface area contributed by atoms with Gasteiger partial charge in [0.2, 0.25) is 21.8 Å². The molecule has 1 unspecified atom stereocenters. The van der Waals surface area contributed by atoms with E-state index in [1.54, 1.807) is 27.1 Å². The van der Waals surface area contributed by atoms with Crippen molar-refractivity contribution in [1.29, 1.82) is 0 Å². The lowest BCUT2D eigenvalue weighted by atomic mass is 9.98. The molecule has 39 heavy (non-hydrogen) atoms. The van der Waals surface area contributed by atoms with Crippen LogP contribution < -0.4 is 10.6 Å². The van der Waals surface area contributed by atoms with Gasteiger partial charge in [0.05, 0.1) is 11.9 Å². The Labute approximate surface area is 222 Å². The van der Waals surface area contributed by atoms with Crippen molar-refractivity contribution in [3.05, 3.63) is 53.1 Å². The smallest absolute Gasteiger partial charge is 0.251 e. The molecular weight excluding hydrogens is 549 g/mol. The van der Waals surface area contributed by atoms with Crippen LogP contribution in [0.3, 0.4) is 0 Å². The number of hydrogen-bond acceptors (Lipinski definition) is 5. The van der Waals surface area contributed by atoms with Gasteiger partial charge in [-0.15, -0.1) is 0 Å². The summed E-state index contributed by atoms with van der Waals surface area (Å²) < 4.78 is 98.5. The van der Waals surface area contributed by atoms with Crippen LogP contribution in [0, 0.1) is 23.4 Å². The van der Waals surface area contributed by atoms with E-state index in [0.29, 0.717) is 22.0 Å². The number of amides is 2. The Balaban J connectivity index is 1.82. The Morgan fingerprint density at radius 3 is 2.38 bits per heavy atom. The van der Waals surface area contributed by atoms with Gasteiger partial charge in [0.15, 0.2) is 0 Å². The van der Waals surface area contributed by atoms with E-state index < -0.39 is 88.0 Å². The molecule has 2 aromatic rings. The summed E-state index contributed by atoms with van der Waals surface area (Å²) in [6, 6.07) is -2.54. The number of aryl methyl sites for hydroxylation is 1. The van der Waals surface area contributed by atoms with Crippen LogP contribution in [0.4, 0.5) is 22.0 Å². The lowest BCUT2D eigenvalue weighted by Gasteiger charge is -2.38. The molecule has 1 saturated heterocycles. The summed E-state index contributed by atoms with van der Waals surface area (Å²) in [5, 5.41) is 9.00. The fourth-order valence-corrected chi connectivity index (χ4v) is 6.03. The number of sulfonamides is 1. The Bertz CT molecular complexity index is 1290. The van der Waals surface area contributed by atoms with Gasteiger partial charge in [-0.1, -0.05) is 13.8 Å². The van der Waals surface area contributed by atoms with Crippen LogP contribution in [0.2, 0.25) is 0 Å². The molecule has 1 fully saturated rings. The number of alkyl halides is 2. The van der Waals surface area contributed by atoms with Crippen molar-refractivity contribution < 1.29 is 40.0 Å². The second kappa shape index (κ2) is 12.0. The second-order valence-corrected chi connectivity index (χ2v) is 11.9. The van der Waals surface area contributed by atoms with Gasteiger partial charge < -0.3 is 10.6 Å². The third-order valence-corrected chi connectivity index (χ3v) is 8.00. The van der Waals surface area contributed by atoms with Crippen LogP contribution in [0.25, 0.3) is 0 Å². The van der Waals surface area contributed by atoms with Crippen molar-refractivity contribution in [3.8, 4) is 0 Å². The van der Waals surface area contributed by atoms with Gasteiger partial charge in [-0.3, -0.25) is 14.3 Å². The van der Waals surface area contributed by atoms with E-state index in [1.165, 1.54) is 10.9 Å². The van der Waals surface area contributed by atoms with Crippen LogP contribution in [-0.2, 0) is 39.0 Å². The van der Waals surface area contributed by atoms with E-state index in [4.69, 9.17) is 0 Å².